The highest BCUT2D eigenvalue weighted by atomic mass is 19.4. The quantitative estimate of drug-likeness (QED) is 0.657. The van der Waals surface area contributed by atoms with E-state index < -0.39 is 23.3 Å². The number of nitrogens with zero attached hydrogens (tertiary/aromatic N) is 5. The molecule has 0 radical (unpaired) electrons. The van der Waals surface area contributed by atoms with Gasteiger partial charge in [0.1, 0.15) is 0 Å². The number of amides is 1. The molecule has 9 heteroatoms. The van der Waals surface area contributed by atoms with Crippen molar-refractivity contribution < 1.29 is 18.0 Å². The van der Waals surface area contributed by atoms with Crippen LogP contribution < -0.4 is 4.90 Å². The van der Waals surface area contributed by atoms with E-state index in [1.807, 2.05) is 19.1 Å². The summed E-state index contributed by atoms with van der Waals surface area (Å²) >= 11 is 0. The normalized spacial score (nSPS) is 14.8. The molecule has 6 nitrogen and oxygen atoms in total. The number of piperazine rings is 1. The minimum Gasteiger partial charge on any atom is -0.368 e. The second kappa shape index (κ2) is 7.81. The third kappa shape index (κ3) is 3.87. The number of alkyl halides is 3. The van der Waals surface area contributed by atoms with Crippen LogP contribution in [0.4, 0.5) is 18.9 Å². The first kappa shape index (κ1) is 19.9. The van der Waals surface area contributed by atoms with E-state index in [-0.39, 0.29) is 5.69 Å². The Balaban J connectivity index is 1.58. The molecule has 0 spiro atoms. The minimum absolute atomic E-state index is 0.259. The van der Waals surface area contributed by atoms with E-state index in [1.54, 1.807) is 36.7 Å². The molecule has 2 aromatic heterocycles. The van der Waals surface area contributed by atoms with Gasteiger partial charge in [0.2, 0.25) is 0 Å². The van der Waals surface area contributed by atoms with Gasteiger partial charge in [-0.2, -0.15) is 18.3 Å². The number of hydrogen-bond acceptors (Lipinski definition) is 4. The van der Waals surface area contributed by atoms with Gasteiger partial charge in [-0.15, -0.1) is 0 Å². The van der Waals surface area contributed by atoms with Gasteiger partial charge in [0, 0.05) is 44.3 Å². The molecule has 0 unspecified atom stereocenters. The smallest absolute Gasteiger partial charge is 0.368 e. The number of carbonyl (C=O) groups is 1. The number of anilines is 1. The molecule has 1 aliphatic heterocycles. The third-order valence-corrected chi connectivity index (χ3v) is 5.14. The fourth-order valence-corrected chi connectivity index (χ4v) is 3.55. The highest BCUT2D eigenvalue weighted by Crippen LogP contribution is 2.34. The van der Waals surface area contributed by atoms with Gasteiger partial charge < -0.3 is 9.80 Å². The van der Waals surface area contributed by atoms with Crippen molar-refractivity contribution in [3.63, 3.8) is 0 Å². The summed E-state index contributed by atoms with van der Waals surface area (Å²) in [7, 11) is 0. The number of benzene rings is 1. The third-order valence-electron chi connectivity index (χ3n) is 5.14. The van der Waals surface area contributed by atoms with Crippen molar-refractivity contribution in [3.05, 3.63) is 71.8 Å². The largest absolute Gasteiger partial charge is 0.434 e. The lowest BCUT2D eigenvalue weighted by Crippen LogP contribution is -2.49. The van der Waals surface area contributed by atoms with Crippen molar-refractivity contribution in [2.24, 2.45) is 0 Å². The van der Waals surface area contributed by atoms with Gasteiger partial charge in [-0.25, -0.2) is 4.68 Å². The van der Waals surface area contributed by atoms with Crippen LogP contribution in [0, 0.1) is 6.92 Å². The Morgan fingerprint density at radius 3 is 2.17 bits per heavy atom. The van der Waals surface area contributed by atoms with Crippen molar-refractivity contribution in [2.75, 3.05) is 31.1 Å². The van der Waals surface area contributed by atoms with Crippen LogP contribution in [-0.2, 0) is 6.18 Å². The standard InChI is InChI=1S/C21H20F3N5O/c1-15-2-4-17(5-3-15)29-19(21(22,23)24)18(14-26-29)20(30)28-12-10-27(11-13-28)16-6-8-25-9-7-16/h2-9,14H,10-13H2,1H3. The first-order chi connectivity index (χ1) is 14.3. The average molecular weight is 415 g/mol. The fraction of sp³-hybridized carbons (Fsp3) is 0.286. The molecule has 156 valence electrons. The molecule has 3 heterocycles. The second-order valence-corrected chi connectivity index (χ2v) is 7.14. The SMILES string of the molecule is Cc1ccc(-n2ncc(C(=O)N3CCN(c4ccncc4)CC3)c2C(F)(F)F)cc1. The molecule has 1 fully saturated rings. The Morgan fingerprint density at radius 2 is 1.57 bits per heavy atom. The van der Waals surface area contributed by atoms with Crippen LogP contribution in [0.3, 0.4) is 0 Å². The lowest BCUT2D eigenvalue weighted by atomic mass is 10.1. The fourth-order valence-electron chi connectivity index (χ4n) is 3.55. The molecule has 1 aromatic carbocycles. The van der Waals surface area contributed by atoms with E-state index in [1.165, 1.54) is 4.90 Å². The summed E-state index contributed by atoms with van der Waals surface area (Å²) in [4.78, 5) is 20.5. The van der Waals surface area contributed by atoms with Crippen LogP contribution in [-0.4, -0.2) is 51.8 Å². The molecule has 0 saturated carbocycles. The summed E-state index contributed by atoms with van der Waals surface area (Å²) in [6.07, 6.45) is -0.338. The van der Waals surface area contributed by atoms with Crippen LogP contribution in [0.15, 0.2) is 55.0 Å². The molecule has 0 N–H and O–H groups in total. The van der Waals surface area contributed by atoms with Crippen LogP contribution in [0.5, 0.6) is 0 Å². The molecule has 30 heavy (non-hydrogen) atoms. The Hall–Kier alpha value is -3.36. The zero-order valence-electron chi connectivity index (χ0n) is 16.3. The van der Waals surface area contributed by atoms with Crippen molar-refractivity contribution in [1.82, 2.24) is 19.7 Å². The molecule has 0 atom stereocenters. The summed E-state index contributed by atoms with van der Waals surface area (Å²) in [5, 5.41) is 3.89. The van der Waals surface area contributed by atoms with Gasteiger partial charge in [0.05, 0.1) is 17.4 Å². The predicted octanol–water partition coefficient (Wildman–Crippen LogP) is 3.56. The van der Waals surface area contributed by atoms with Gasteiger partial charge >= 0.3 is 6.18 Å². The molecule has 1 aliphatic rings. The predicted molar refractivity (Wildman–Crippen MR) is 106 cm³/mol. The molecule has 4 rings (SSSR count). The van der Waals surface area contributed by atoms with Crippen LogP contribution in [0.1, 0.15) is 21.6 Å². The van der Waals surface area contributed by atoms with Crippen molar-refractivity contribution in [1.29, 1.82) is 0 Å². The lowest BCUT2D eigenvalue weighted by molar-refractivity contribution is -0.143. The van der Waals surface area contributed by atoms with Crippen molar-refractivity contribution in [3.8, 4) is 5.69 Å². The van der Waals surface area contributed by atoms with Crippen LogP contribution in [0.2, 0.25) is 0 Å². The maximum absolute atomic E-state index is 13.9. The topological polar surface area (TPSA) is 54.3 Å². The number of hydrogen-bond donors (Lipinski definition) is 0. The zero-order valence-corrected chi connectivity index (χ0v) is 16.3. The minimum atomic E-state index is -4.72. The number of aromatic nitrogens is 3. The molecule has 1 saturated heterocycles. The van der Waals surface area contributed by atoms with Crippen LogP contribution in [0.25, 0.3) is 5.69 Å². The summed E-state index contributed by atoms with van der Waals surface area (Å²) in [5.74, 6) is -0.657. The molecule has 3 aromatic rings. The van der Waals surface area contributed by atoms with Crippen LogP contribution >= 0.6 is 0 Å². The van der Waals surface area contributed by atoms with Crippen molar-refractivity contribution >= 4 is 11.6 Å². The van der Waals surface area contributed by atoms with E-state index in [9.17, 15) is 18.0 Å². The van der Waals surface area contributed by atoms with E-state index >= 15 is 0 Å². The number of carbonyl (C=O) groups excluding carboxylic acids is 1. The van der Waals surface area contributed by atoms with E-state index in [0.29, 0.717) is 26.2 Å². The van der Waals surface area contributed by atoms with Crippen molar-refractivity contribution in [2.45, 2.75) is 13.1 Å². The first-order valence-electron chi connectivity index (χ1n) is 9.51. The molecule has 0 bridgehead atoms. The monoisotopic (exact) mass is 415 g/mol. The van der Waals surface area contributed by atoms with E-state index in [4.69, 9.17) is 0 Å². The lowest BCUT2D eigenvalue weighted by Gasteiger charge is -2.36. The van der Waals surface area contributed by atoms with Gasteiger partial charge in [-0.1, -0.05) is 17.7 Å². The first-order valence-corrected chi connectivity index (χ1v) is 9.51. The maximum Gasteiger partial charge on any atom is 0.434 e. The maximum atomic E-state index is 13.9. The second-order valence-electron chi connectivity index (χ2n) is 7.14. The van der Waals surface area contributed by atoms with Gasteiger partial charge in [0.25, 0.3) is 5.91 Å². The number of halogens is 3. The number of pyridine rings is 1. The zero-order chi connectivity index (χ0) is 21.3. The highest BCUT2D eigenvalue weighted by molar-refractivity contribution is 5.95. The number of aryl methyl sites for hydroxylation is 1. The van der Waals surface area contributed by atoms with E-state index in [0.717, 1.165) is 22.1 Å². The Bertz CT molecular complexity index is 1020. The number of rotatable bonds is 3. The molecule has 0 aliphatic carbocycles. The Kier molecular flexibility index (Phi) is 5.19. The Morgan fingerprint density at radius 1 is 0.933 bits per heavy atom. The summed E-state index contributed by atoms with van der Waals surface area (Å²) in [6, 6.07) is 10.3. The van der Waals surface area contributed by atoms with E-state index in [2.05, 4.69) is 15.0 Å². The summed E-state index contributed by atoms with van der Waals surface area (Å²) in [5.41, 5.74) is 0.672. The Labute approximate surface area is 171 Å². The average Bonchev–Trinajstić information content (AvgIpc) is 3.20. The summed E-state index contributed by atoms with van der Waals surface area (Å²) in [6.45, 7) is 3.56. The van der Waals surface area contributed by atoms with Gasteiger partial charge in [-0.3, -0.25) is 9.78 Å². The van der Waals surface area contributed by atoms with Gasteiger partial charge in [-0.05, 0) is 31.2 Å². The molecule has 1 amide bonds. The van der Waals surface area contributed by atoms with Gasteiger partial charge in [0.15, 0.2) is 5.69 Å². The molecular weight excluding hydrogens is 395 g/mol. The molecular formula is C21H20F3N5O. The summed E-state index contributed by atoms with van der Waals surface area (Å²) < 4.78 is 42.4. The highest BCUT2D eigenvalue weighted by Gasteiger charge is 2.41.